The van der Waals surface area contributed by atoms with Crippen molar-refractivity contribution in [3.05, 3.63) is 156 Å². The van der Waals surface area contributed by atoms with Crippen molar-refractivity contribution in [3.63, 3.8) is 0 Å². The van der Waals surface area contributed by atoms with Gasteiger partial charge in [0.25, 0.3) is 0 Å². The summed E-state index contributed by atoms with van der Waals surface area (Å²) in [4.78, 5) is 40.7. The number of carbonyl (C=O) groups excluding carboxylic acids is 3. The van der Waals surface area contributed by atoms with Crippen molar-refractivity contribution in [1.82, 2.24) is 9.80 Å². The van der Waals surface area contributed by atoms with E-state index in [0.29, 0.717) is 28.9 Å². The molecule has 10 nitrogen and oxygen atoms in total. The molecule has 0 saturated heterocycles. The Morgan fingerprint density at radius 3 is 1.87 bits per heavy atom. The van der Waals surface area contributed by atoms with Gasteiger partial charge in [0.05, 0.1) is 39.4 Å². The second kappa shape index (κ2) is 18.1. The molecule has 2 heterocycles. The summed E-state index contributed by atoms with van der Waals surface area (Å²) in [5.74, 6) is 0.844. The number of alkyl halides is 3. The van der Waals surface area contributed by atoms with E-state index in [1.165, 1.54) is 19.3 Å². The van der Waals surface area contributed by atoms with Gasteiger partial charge in [0.2, 0.25) is 0 Å². The molecule has 2 aliphatic rings. The lowest BCUT2D eigenvalue weighted by Crippen LogP contribution is -2.37. The molecule has 0 bridgehead atoms. The Kier molecular flexibility index (Phi) is 13.3. The van der Waals surface area contributed by atoms with Gasteiger partial charge in [-0.15, -0.1) is 0 Å². The summed E-state index contributed by atoms with van der Waals surface area (Å²) in [6.45, 7) is 0.344. The zero-order valence-electron chi connectivity index (χ0n) is 30.0. The second-order valence-electron chi connectivity index (χ2n) is 12.6. The van der Waals surface area contributed by atoms with Crippen molar-refractivity contribution in [3.8, 4) is 11.5 Å². The Morgan fingerprint density at radius 1 is 0.764 bits per heavy atom. The van der Waals surface area contributed by atoms with Crippen molar-refractivity contribution < 1.29 is 49.6 Å². The molecular weight excluding hydrogens is 738 g/mol. The number of rotatable bonds is 12. The zero-order valence-corrected chi connectivity index (χ0v) is 30.8. The third-order valence-corrected chi connectivity index (χ3v) is 9.91. The average Bonchev–Trinajstić information content (AvgIpc) is 3.19. The number of ketones is 3. The zero-order chi connectivity index (χ0) is 39.6. The molecule has 0 aromatic heterocycles. The van der Waals surface area contributed by atoms with Gasteiger partial charge in [-0.3, -0.25) is 19.3 Å². The lowest BCUT2D eigenvalue weighted by Gasteiger charge is -2.34. The molecule has 288 valence electrons. The van der Waals surface area contributed by atoms with E-state index >= 15 is 0 Å². The minimum absolute atomic E-state index is 0.0122. The Balaban J connectivity index is 0.000000218. The Bertz CT molecular complexity index is 2140. The number of carbonyl (C=O) groups is 3. The quantitative estimate of drug-likeness (QED) is 0.0814. The molecule has 0 amide bonds. The highest BCUT2D eigenvalue weighted by Gasteiger charge is 2.49. The maximum Gasteiger partial charge on any atom is 0.534 e. The highest BCUT2D eigenvalue weighted by molar-refractivity contribution is 7.87. The molecule has 0 spiro atoms. The van der Waals surface area contributed by atoms with Crippen LogP contribution in [0.5, 0.6) is 11.5 Å². The monoisotopic (exact) mass is 776 g/mol. The van der Waals surface area contributed by atoms with Gasteiger partial charge in [-0.2, -0.15) is 21.6 Å². The number of allylic oxidation sites excluding steroid dienone is 1. The van der Waals surface area contributed by atoms with Crippen LogP contribution in [-0.4, -0.2) is 74.9 Å². The highest BCUT2D eigenvalue weighted by atomic mass is 32.2. The van der Waals surface area contributed by atoms with Crippen LogP contribution in [0.2, 0.25) is 0 Å². The topological polar surface area (TPSA) is 120 Å². The van der Waals surface area contributed by atoms with Crippen molar-refractivity contribution in [1.29, 1.82) is 0 Å². The summed E-state index contributed by atoms with van der Waals surface area (Å²) in [7, 11) is -2.70. The first kappa shape index (κ1) is 40.5. The van der Waals surface area contributed by atoms with Gasteiger partial charge in [-0.25, -0.2) is 0 Å². The first-order valence-corrected chi connectivity index (χ1v) is 18.6. The first-order chi connectivity index (χ1) is 26.3. The molecular formula is C41H39F3N2O8S. The second-order valence-corrected chi connectivity index (χ2v) is 14.1. The summed E-state index contributed by atoms with van der Waals surface area (Å²) < 4.78 is 75.9. The molecule has 6 rings (SSSR count). The Labute approximate surface area is 317 Å². The van der Waals surface area contributed by atoms with Gasteiger partial charge in [0.15, 0.2) is 17.3 Å². The van der Waals surface area contributed by atoms with Gasteiger partial charge in [0.1, 0.15) is 17.3 Å². The molecule has 2 atom stereocenters. The van der Waals surface area contributed by atoms with Crippen molar-refractivity contribution in [2.75, 3.05) is 33.9 Å². The standard InChI is InChI=1S/C21H20F3NO5S.C20H19NO3/c1-29-17-9-5-8-16(12-17)19-13-18(30-31(27,28)21(22,23)24)10-11-25(19)14-20(26)15-6-3-2-4-7-15;1-24-18-9-5-8-16(12-18)19-13-17(22)10-11-21(19)14-20(23)15-6-3-2-4-7-15/h2-9,12-13,19H,10-11,14H2,1H3;2-12,19H,13-14H2,1H3. The average molecular weight is 777 g/mol. The number of halogens is 3. The third kappa shape index (κ3) is 10.7. The van der Waals surface area contributed by atoms with Crippen LogP contribution in [0.15, 0.2) is 133 Å². The maximum atomic E-state index is 12.7. The number of hydrogen-bond donors (Lipinski definition) is 0. The summed E-state index contributed by atoms with van der Waals surface area (Å²) in [5.41, 5.74) is -2.78. The van der Waals surface area contributed by atoms with Gasteiger partial charge in [0, 0.05) is 36.7 Å². The highest BCUT2D eigenvalue weighted by Crippen LogP contribution is 2.35. The summed E-state index contributed by atoms with van der Waals surface area (Å²) in [5, 5.41) is 0. The van der Waals surface area contributed by atoms with Crippen LogP contribution in [0, 0.1) is 0 Å². The van der Waals surface area contributed by atoms with Crippen LogP contribution >= 0.6 is 0 Å². The van der Waals surface area contributed by atoms with Crippen molar-refractivity contribution in [2.45, 2.75) is 30.4 Å². The van der Waals surface area contributed by atoms with Crippen LogP contribution in [0.1, 0.15) is 56.8 Å². The van der Waals surface area contributed by atoms with Gasteiger partial charge >= 0.3 is 15.6 Å². The van der Waals surface area contributed by atoms with E-state index in [0.717, 1.165) is 11.3 Å². The minimum Gasteiger partial charge on any atom is -0.497 e. The van der Waals surface area contributed by atoms with E-state index in [4.69, 9.17) is 9.47 Å². The number of ether oxygens (including phenoxy) is 2. The van der Waals surface area contributed by atoms with E-state index < -0.39 is 21.7 Å². The first-order valence-electron chi connectivity index (χ1n) is 17.1. The fourth-order valence-electron chi connectivity index (χ4n) is 6.09. The van der Waals surface area contributed by atoms with Crippen LogP contribution in [0.4, 0.5) is 13.2 Å². The van der Waals surface area contributed by atoms with Crippen LogP contribution in [0.3, 0.4) is 0 Å². The number of methoxy groups -OCH3 is 2. The molecule has 4 aromatic carbocycles. The predicted octanol–water partition coefficient (Wildman–Crippen LogP) is 7.48. The number of Topliss-reactive ketones (excluding diaryl/α,β-unsaturated/α-hetero) is 2. The Morgan fingerprint density at radius 2 is 1.31 bits per heavy atom. The largest absolute Gasteiger partial charge is 0.534 e. The van der Waals surface area contributed by atoms with Crippen molar-refractivity contribution >= 4 is 27.5 Å². The molecule has 0 aliphatic carbocycles. The van der Waals surface area contributed by atoms with E-state index in [-0.39, 0.29) is 55.2 Å². The molecule has 0 fully saturated rings. The molecule has 0 radical (unpaired) electrons. The molecule has 14 heteroatoms. The van der Waals surface area contributed by atoms with Crippen LogP contribution in [-0.2, 0) is 19.1 Å². The number of benzene rings is 4. The van der Waals surface area contributed by atoms with Crippen LogP contribution in [0.25, 0.3) is 0 Å². The molecule has 0 N–H and O–H groups in total. The minimum atomic E-state index is -5.78. The van der Waals surface area contributed by atoms with Crippen LogP contribution < -0.4 is 9.47 Å². The van der Waals surface area contributed by atoms with E-state index in [9.17, 15) is 36.0 Å². The predicted molar refractivity (Wildman–Crippen MR) is 199 cm³/mol. The molecule has 2 unspecified atom stereocenters. The lowest BCUT2D eigenvalue weighted by atomic mass is 9.96. The molecule has 55 heavy (non-hydrogen) atoms. The summed E-state index contributed by atoms with van der Waals surface area (Å²) >= 11 is 0. The Hall–Kier alpha value is -5.73. The third-order valence-electron chi connectivity index (χ3n) is 8.91. The molecule has 4 aromatic rings. The van der Waals surface area contributed by atoms with E-state index in [2.05, 4.69) is 4.18 Å². The number of hydrogen-bond acceptors (Lipinski definition) is 10. The summed E-state index contributed by atoms with van der Waals surface area (Å²) in [6, 6.07) is 31.4. The SMILES string of the molecule is COc1cccc(C2C=C(OS(=O)(=O)C(F)(F)F)CCN2CC(=O)c2ccccc2)c1.COc1cccc(C2CC(=O)C=CN2CC(=O)c2ccccc2)c1. The lowest BCUT2D eigenvalue weighted by molar-refractivity contribution is -0.116. The number of nitrogens with zero attached hydrogens (tertiary/aromatic N) is 2. The normalized spacial score (nSPS) is 17.4. The fraction of sp³-hybridized carbons (Fsp3) is 0.244. The van der Waals surface area contributed by atoms with Gasteiger partial charge < -0.3 is 18.6 Å². The van der Waals surface area contributed by atoms with E-state index in [1.807, 2.05) is 59.5 Å². The summed E-state index contributed by atoms with van der Waals surface area (Å²) in [6.07, 6.45) is 4.80. The molecule has 2 aliphatic heterocycles. The molecule has 0 saturated carbocycles. The smallest absolute Gasteiger partial charge is 0.497 e. The van der Waals surface area contributed by atoms with Crippen molar-refractivity contribution in [2.24, 2.45) is 0 Å². The fourth-order valence-corrected chi connectivity index (χ4v) is 6.60. The van der Waals surface area contributed by atoms with E-state index in [1.54, 1.807) is 72.8 Å². The maximum absolute atomic E-state index is 12.7. The van der Waals surface area contributed by atoms with Gasteiger partial charge in [-0.05, 0) is 47.5 Å². The van der Waals surface area contributed by atoms with Gasteiger partial charge in [-0.1, -0.05) is 84.9 Å².